The van der Waals surface area contributed by atoms with Crippen LogP contribution in [0, 0.1) is 0 Å². The zero-order valence-corrected chi connectivity index (χ0v) is 14.2. The monoisotopic (exact) mass is 323 g/mol. The Bertz CT molecular complexity index is 499. The van der Waals surface area contributed by atoms with Crippen molar-refractivity contribution in [3.63, 3.8) is 0 Å². The largest absolute Gasteiger partial charge is 0.480 e. The van der Waals surface area contributed by atoms with E-state index in [0.29, 0.717) is 0 Å². The molecule has 0 bridgehead atoms. The van der Waals surface area contributed by atoms with Gasteiger partial charge in [0.05, 0.1) is 6.26 Å². The topological polar surface area (TPSA) is 116 Å². The Morgan fingerprint density at radius 2 is 1.67 bits per heavy atom. The first-order chi connectivity index (χ1) is 9.23. The standard InChI is InChI=1S/C12H25N3O5S/c1-7-15(12(4,5)9(16)17)10(18)13-8-11(2,3)14-21(6,19)20/h14H,7-8H2,1-6H3,(H,13,18)(H,16,17). The van der Waals surface area contributed by atoms with E-state index in [1.165, 1.54) is 18.7 Å². The van der Waals surface area contributed by atoms with Crippen molar-refractivity contribution in [3.8, 4) is 0 Å². The number of likely N-dealkylation sites (N-methyl/N-ethyl adjacent to an activating group) is 1. The first kappa shape index (κ1) is 19.7. The molecule has 3 N–H and O–H groups in total. The lowest BCUT2D eigenvalue weighted by Crippen LogP contribution is -2.59. The van der Waals surface area contributed by atoms with E-state index < -0.39 is 33.1 Å². The molecule has 0 saturated carbocycles. The van der Waals surface area contributed by atoms with Gasteiger partial charge in [0.2, 0.25) is 10.0 Å². The first-order valence-electron chi connectivity index (χ1n) is 6.51. The van der Waals surface area contributed by atoms with Gasteiger partial charge < -0.3 is 15.3 Å². The number of hydrogen-bond acceptors (Lipinski definition) is 4. The number of carboxylic acids is 1. The maximum absolute atomic E-state index is 12.1. The van der Waals surface area contributed by atoms with Gasteiger partial charge in [-0.05, 0) is 34.6 Å². The number of amides is 2. The van der Waals surface area contributed by atoms with E-state index in [9.17, 15) is 18.0 Å². The van der Waals surface area contributed by atoms with Gasteiger partial charge in [0.15, 0.2) is 0 Å². The molecule has 21 heavy (non-hydrogen) atoms. The Balaban J connectivity index is 4.86. The summed E-state index contributed by atoms with van der Waals surface area (Å²) in [5, 5.41) is 11.7. The predicted molar refractivity (Wildman–Crippen MR) is 79.6 cm³/mol. The molecule has 0 aliphatic rings. The smallest absolute Gasteiger partial charge is 0.329 e. The lowest BCUT2D eigenvalue weighted by molar-refractivity contribution is -0.147. The third-order valence-electron chi connectivity index (χ3n) is 2.90. The summed E-state index contributed by atoms with van der Waals surface area (Å²) in [5.41, 5.74) is -2.23. The van der Waals surface area contributed by atoms with E-state index in [1.54, 1.807) is 20.8 Å². The van der Waals surface area contributed by atoms with E-state index >= 15 is 0 Å². The number of carbonyl (C=O) groups excluding carboxylic acids is 1. The molecule has 0 saturated heterocycles. The van der Waals surface area contributed by atoms with Crippen LogP contribution in [0.5, 0.6) is 0 Å². The van der Waals surface area contributed by atoms with Gasteiger partial charge in [0.1, 0.15) is 5.54 Å². The number of nitrogens with one attached hydrogen (secondary N) is 2. The molecule has 0 spiro atoms. The van der Waals surface area contributed by atoms with Crippen LogP contribution in [0.4, 0.5) is 4.79 Å². The minimum Gasteiger partial charge on any atom is -0.480 e. The van der Waals surface area contributed by atoms with Gasteiger partial charge in [-0.1, -0.05) is 0 Å². The Morgan fingerprint density at radius 1 is 1.19 bits per heavy atom. The number of sulfonamides is 1. The molecule has 0 aromatic rings. The average molecular weight is 323 g/mol. The molecular formula is C12H25N3O5S. The predicted octanol–water partition coefficient (Wildman–Crippen LogP) is 0.209. The van der Waals surface area contributed by atoms with Crippen molar-refractivity contribution in [1.82, 2.24) is 14.9 Å². The van der Waals surface area contributed by atoms with E-state index in [-0.39, 0.29) is 13.1 Å². The van der Waals surface area contributed by atoms with Gasteiger partial charge in [-0.15, -0.1) is 0 Å². The summed E-state index contributed by atoms with van der Waals surface area (Å²) in [6.45, 7) is 8.01. The molecular weight excluding hydrogens is 298 g/mol. The van der Waals surface area contributed by atoms with Crippen LogP contribution in [0.15, 0.2) is 0 Å². The van der Waals surface area contributed by atoms with Crippen LogP contribution in [0.25, 0.3) is 0 Å². The highest BCUT2D eigenvalue weighted by atomic mass is 32.2. The lowest BCUT2D eigenvalue weighted by Gasteiger charge is -2.35. The molecule has 124 valence electrons. The molecule has 9 heteroatoms. The average Bonchev–Trinajstić information content (AvgIpc) is 2.23. The van der Waals surface area contributed by atoms with Crippen LogP contribution in [0.3, 0.4) is 0 Å². The first-order valence-corrected chi connectivity index (χ1v) is 8.40. The number of urea groups is 1. The SMILES string of the molecule is CCN(C(=O)NCC(C)(C)NS(C)(=O)=O)C(C)(C)C(=O)O. The molecule has 0 aromatic heterocycles. The Hall–Kier alpha value is -1.35. The molecule has 0 unspecified atom stereocenters. The van der Waals surface area contributed by atoms with E-state index in [0.717, 1.165) is 6.26 Å². The summed E-state index contributed by atoms with van der Waals surface area (Å²) in [4.78, 5) is 24.5. The summed E-state index contributed by atoms with van der Waals surface area (Å²) in [6, 6.07) is -0.562. The molecule has 0 aliphatic heterocycles. The highest BCUT2D eigenvalue weighted by Crippen LogP contribution is 2.15. The van der Waals surface area contributed by atoms with Crippen molar-refractivity contribution in [2.45, 2.75) is 45.7 Å². The van der Waals surface area contributed by atoms with Crippen molar-refractivity contribution in [2.75, 3.05) is 19.3 Å². The molecule has 0 aromatic carbocycles. The third kappa shape index (κ3) is 6.30. The fraction of sp³-hybridized carbons (Fsp3) is 0.833. The van der Waals surface area contributed by atoms with Crippen molar-refractivity contribution in [2.24, 2.45) is 0 Å². The minimum atomic E-state index is -3.41. The van der Waals surface area contributed by atoms with Gasteiger partial charge >= 0.3 is 12.0 Å². The Morgan fingerprint density at radius 3 is 2.00 bits per heavy atom. The molecule has 0 aliphatic carbocycles. The maximum atomic E-state index is 12.1. The molecule has 0 heterocycles. The molecule has 0 atom stereocenters. The number of hydrogen-bond donors (Lipinski definition) is 3. The molecule has 0 radical (unpaired) electrons. The third-order valence-corrected chi connectivity index (χ3v) is 3.83. The zero-order chi connectivity index (χ0) is 17.1. The van der Waals surface area contributed by atoms with E-state index in [1.807, 2.05) is 0 Å². The van der Waals surface area contributed by atoms with Crippen LogP contribution in [-0.2, 0) is 14.8 Å². The molecule has 0 fully saturated rings. The molecule has 0 rings (SSSR count). The second kappa shape index (κ2) is 6.61. The second-order valence-electron chi connectivity index (χ2n) is 6.03. The zero-order valence-electron chi connectivity index (χ0n) is 13.3. The van der Waals surface area contributed by atoms with Crippen LogP contribution >= 0.6 is 0 Å². The summed E-state index contributed by atoms with van der Waals surface area (Å²) in [6.07, 6.45) is 1.03. The molecule has 8 nitrogen and oxygen atoms in total. The summed E-state index contributed by atoms with van der Waals surface area (Å²) in [7, 11) is -3.41. The van der Waals surface area contributed by atoms with Gasteiger partial charge in [0, 0.05) is 18.6 Å². The summed E-state index contributed by atoms with van der Waals surface area (Å²) in [5.74, 6) is -1.12. The van der Waals surface area contributed by atoms with Crippen LogP contribution in [-0.4, -0.2) is 60.8 Å². The minimum absolute atomic E-state index is 0.0328. The van der Waals surface area contributed by atoms with Gasteiger partial charge in [-0.3, -0.25) is 0 Å². The van der Waals surface area contributed by atoms with E-state index in [2.05, 4.69) is 10.0 Å². The number of carboxylic acid groups (broad SMARTS) is 1. The number of rotatable bonds is 7. The van der Waals surface area contributed by atoms with Crippen molar-refractivity contribution in [1.29, 1.82) is 0 Å². The molecule has 2 amide bonds. The normalized spacial score (nSPS) is 12.9. The van der Waals surface area contributed by atoms with Crippen molar-refractivity contribution in [3.05, 3.63) is 0 Å². The van der Waals surface area contributed by atoms with Gasteiger partial charge in [0.25, 0.3) is 0 Å². The Labute approximate surface area is 125 Å². The van der Waals surface area contributed by atoms with Crippen LogP contribution in [0.2, 0.25) is 0 Å². The summed E-state index contributed by atoms with van der Waals surface area (Å²) >= 11 is 0. The Kier molecular flexibility index (Phi) is 6.18. The quantitative estimate of drug-likeness (QED) is 0.619. The fourth-order valence-electron chi connectivity index (χ4n) is 1.84. The highest BCUT2D eigenvalue weighted by Gasteiger charge is 2.37. The van der Waals surface area contributed by atoms with Crippen LogP contribution < -0.4 is 10.0 Å². The number of carbonyl (C=O) groups is 2. The van der Waals surface area contributed by atoms with Crippen LogP contribution in [0.1, 0.15) is 34.6 Å². The highest BCUT2D eigenvalue weighted by molar-refractivity contribution is 7.88. The van der Waals surface area contributed by atoms with Crippen molar-refractivity contribution < 1.29 is 23.1 Å². The fourth-order valence-corrected chi connectivity index (χ4v) is 2.91. The number of aliphatic carboxylic acids is 1. The number of nitrogens with zero attached hydrogens (tertiary/aromatic N) is 1. The van der Waals surface area contributed by atoms with Crippen molar-refractivity contribution >= 4 is 22.0 Å². The van der Waals surface area contributed by atoms with Gasteiger partial charge in [-0.25, -0.2) is 22.7 Å². The summed E-state index contributed by atoms with van der Waals surface area (Å²) < 4.78 is 24.8. The second-order valence-corrected chi connectivity index (χ2v) is 7.77. The maximum Gasteiger partial charge on any atom is 0.329 e. The van der Waals surface area contributed by atoms with E-state index in [4.69, 9.17) is 5.11 Å². The lowest BCUT2D eigenvalue weighted by atomic mass is 10.0. The van der Waals surface area contributed by atoms with Gasteiger partial charge in [-0.2, -0.15) is 0 Å².